The van der Waals surface area contributed by atoms with E-state index in [9.17, 15) is 0 Å². The molecule has 0 aromatic carbocycles. The zero-order chi connectivity index (χ0) is 9.73. The molecule has 0 bridgehead atoms. The predicted molar refractivity (Wildman–Crippen MR) is 58.0 cm³/mol. The molecule has 0 aromatic rings. The van der Waals surface area contributed by atoms with Gasteiger partial charge in [0.2, 0.25) is 0 Å². The van der Waals surface area contributed by atoms with Crippen molar-refractivity contribution >= 4 is 0 Å². The molecule has 1 atom stereocenters. The van der Waals surface area contributed by atoms with E-state index in [2.05, 4.69) is 31.5 Å². The molecule has 78 valence electrons. The Morgan fingerprint density at radius 1 is 1.31 bits per heavy atom. The van der Waals surface area contributed by atoms with Gasteiger partial charge in [-0.05, 0) is 38.6 Å². The van der Waals surface area contributed by atoms with Gasteiger partial charge >= 0.3 is 0 Å². The number of rotatable bonds is 6. The highest BCUT2D eigenvalue weighted by atomic mass is 14.9. The Morgan fingerprint density at radius 3 is 2.38 bits per heavy atom. The third-order valence-electron chi connectivity index (χ3n) is 3.40. The van der Waals surface area contributed by atoms with E-state index in [-0.39, 0.29) is 0 Å². The van der Waals surface area contributed by atoms with Crippen LogP contribution in [0.25, 0.3) is 0 Å². The Morgan fingerprint density at radius 2 is 2.00 bits per heavy atom. The molecule has 0 aliphatic heterocycles. The average Bonchev–Trinajstić information content (AvgIpc) is 2.09. The minimum absolute atomic E-state index is 0.582. The quantitative estimate of drug-likeness (QED) is 0.657. The highest BCUT2D eigenvalue weighted by Crippen LogP contribution is 2.39. The molecule has 0 radical (unpaired) electrons. The first-order valence-electron chi connectivity index (χ1n) is 5.60. The summed E-state index contributed by atoms with van der Waals surface area (Å²) < 4.78 is 0. The molecule has 13 heavy (non-hydrogen) atoms. The molecular formula is C11H24N2. The fourth-order valence-electron chi connectivity index (χ4n) is 2.00. The van der Waals surface area contributed by atoms with Crippen LogP contribution in [0.5, 0.6) is 0 Å². The summed E-state index contributed by atoms with van der Waals surface area (Å²) in [6, 6.07) is 0.675. The highest BCUT2D eigenvalue weighted by Gasteiger charge is 2.35. The van der Waals surface area contributed by atoms with Gasteiger partial charge in [0.25, 0.3) is 0 Å². The SMILES string of the molecule is CCC(C)NCC1(CNC)CCC1. The molecule has 0 heterocycles. The predicted octanol–water partition coefficient (Wildman–Crippen LogP) is 1.76. The van der Waals surface area contributed by atoms with Crippen LogP contribution in [0, 0.1) is 5.41 Å². The van der Waals surface area contributed by atoms with Gasteiger partial charge in [0.15, 0.2) is 0 Å². The fourth-order valence-corrected chi connectivity index (χ4v) is 2.00. The van der Waals surface area contributed by atoms with E-state index in [0.717, 1.165) is 0 Å². The zero-order valence-electron chi connectivity index (χ0n) is 9.32. The van der Waals surface area contributed by atoms with Gasteiger partial charge in [0.05, 0.1) is 0 Å². The smallest absolute Gasteiger partial charge is 0.00363 e. The maximum Gasteiger partial charge on any atom is 0.00363 e. The van der Waals surface area contributed by atoms with E-state index in [1.165, 1.54) is 38.8 Å². The van der Waals surface area contributed by atoms with Crippen molar-refractivity contribution in [2.75, 3.05) is 20.1 Å². The first kappa shape index (κ1) is 11.0. The molecule has 0 spiro atoms. The van der Waals surface area contributed by atoms with Gasteiger partial charge < -0.3 is 10.6 Å². The van der Waals surface area contributed by atoms with Crippen LogP contribution in [0.1, 0.15) is 39.5 Å². The van der Waals surface area contributed by atoms with Crippen LogP contribution >= 0.6 is 0 Å². The highest BCUT2D eigenvalue weighted by molar-refractivity contribution is 4.91. The molecule has 2 N–H and O–H groups in total. The number of hydrogen-bond donors (Lipinski definition) is 2. The van der Waals surface area contributed by atoms with Crippen LogP contribution in [0.3, 0.4) is 0 Å². The van der Waals surface area contributed by atoms with Crippen molar-refractivity contribution in [1.82, 2.24) is 10.6 Å². The van der Waals surface area contributed by atoms with Crippen molar-refractivity contribution in [3.05, 3.63) is 0 Å². The van der Waals surface area contributed by atoms with Crippen molar-refractivity contribution < 1.29 is 0 Å². The molecule has 1 aliphatic carbocycles. The van der Waals surface area contributed by atoms with Crippen molar-refractivity contribution in [3.63, 3.8) is 0 Å². The number of hydrogen-bond acceptors (Lipinski definition) is 2. The summed E-state index contributed by atoms with van der Waals surface area (Å²) in [4.78, 5) is 0. The van der Waals surface area contributed by atoms with E-state index < -0.39 is 0 Å². The molecule has 0 aromatic heterocycles. The van der Waals surface area contributed by atoms with Gasteiger partial charge in [-0.25, -0.2) is 0 Å². The van der Waals surface area contributed by atoms with Crippen LogP contribution in [-0.4, -0.2) is 26.2 Å². The fraction of sp³-hybridized carbons (Fsp3) is 1.00. The summed E-state index contributed by atoms with van der Waals surface area (Å²) in [6.07, 6.45) is 5.45. The lowest BCUT2D eigenvalue weighted by atomic mass is 9.68. The molecule has 2 nitrogen and oxygen atoms in total. The summed E-state index contributed by atoms with van der Waals surface area (Å²) in [5.74, 6) is 0. The van der Waals surface area contributed by atoms with Gasteiger partial charge in [0, 0.05) is 19.1 Å². The Bertz CT molecular complexity index is 141. The maximum absolute atomic E-state index is 3.62. The van der Waals surface area contributed by atoms with Gasteiger partial charge in [-0.3, -0.25) is 0 Å². The van der Waals surface area contributed by atoms with Crippen LogP contribution in [0.2, 0.25) is 0 Å². The van der Waals surface area contributed by atoms with Crippen LogP contribution in [0.4, 0.5) is 0 Å². The molecule has 1 aliphatic rings. The van der Waals surface area contributed by atoms with Crippen molar-refractivity contribution in [3.8, 4) is 0 Å². The zero-order valence-corrected chi connectivity index (χ0v) is 9.32. The lowest BCUT2D eigenvalue weighted by Crippen LogP contribution is -2.48. The Labute approximate surface area is 82.5 Å². The second-order valence-corrected chi connectivity index (χ2v) is 4.57. The summed E-state index contributed by atoms with van der Waals surface area (Å²) >= 11 is 0. The molecular weight excluding hydrogens is 160 g/mol. The van der Waals surface area contributed by atoms with E-state index >= 15 is 0 Å². The van der Waals surface area contributed by atoms with E-state index in [1.807, 2.05) is 0 Å². The molecule has 1 saturated carbocycles. The Kier molecular flexibility index (Phi) is 4.20. The lowest BCUT2D eigenvalue weighted by molar-refractivity contribution is 0.126. The Hall–Kier alpha value is -0.0800. The molecule has 1 fully saturated rings. The largest absolute Gasteiger partial charge is 0.319 e. The lowest BCUT2D eigenvalue weighted by Gasteiger charge is -2.42. The van der Waals surface area contributed by atoms with E-state index in [0.29, 0.717) is 11.5 Å². The standard InChI is InChI=1S/C11H24N2/c1-4-10(2)13-9-11(8-12-3)6-5-7-11/h10,12-13H,4-9H2,1-3H3. The van der Waals surface area contributed by atoms with Crippen LogP contribution < -0.4 is 10.6 Å². The van der Waals surface area contributed by atoms with Gasteiger partial charge in [0.1, 0.15) is 0 Å². The maximum atomic E-state index is 3.62. The first-order valence-corrected chi connectivity index (χ1v) is 5.60. The minimum atomic E-state index is 0.582. The van der Waals surface area contributed by atoms with Gasteiger partial charge in [-0.1, -0.05) is 13.3 Å². The van der Waals surface area contributed by atoms with Crippen molar-refractivity contribution in [2.24, 2.45) is 5.41 Å². The van der Waals surface area contributed by atoms with Gasteiger partial charge in [-0.15, -0.1) is 0 Å². The third kappa shape index (κ3) is 2.96. The monoisotopic (exact) mass is 184 g/mol. The van der Waals surface area contributed by atoms with Crippen molar-refractivity contribution in [1.29, 1.82) is 0 Å². The second-order valence-electron chi connectivity index (χ2n) is 4.57. The third-order valence-corrected chi connectivity index (χ3v) is 3.40. The molecule has 0 saturated heterocycles. The summed E-state index contributed by atoms with van der Waals surface area (Å²) in [5.41, 5.74) is 0.582. The number of nitrogens with one attached hydrogen (secondary N) is 2. The Balaban J connectivity index is 2.23. The molecule has 0 amide bonds. The molecule has 1 unspecified atom stereocenters. The first-order chi connectivity index (χ1) is 6.22. The summed E-state index contributed by atoms with van der Waals surface area (Å²) in [5, 5.41) is 6.93. The van der Waals surface area contributed by atoms with Crippen molar-refractivity contribution in [2.45, 2.75) is 45.6 Å². The van der Waals surface area contributed by atoms with Crippen LogP contribution in [0.15, 0.2) is 0 Å². The van der Waals surface area contributed by atoms with E-state index in [1.54, 1.807) is 0 Å². The average molecular weight is 184 g/mol. The normalized spacial score (nSPS) is 22.4. The van der Waals surface area contributed by atoms with Crippen LogP contribution in [-0.2, 0) is 0 Å². The van der Waals surface area contributed by atoms with Gasteiger partial charge in [-0.2, -0.15) is 0 Å². The molecule has 1 rings (SSSR count). The minimum Gasteiger partial charge on any atom is -0.319 e. The second kappa shape index (κ2) is 4.97. The summed E-state index contributed by atoms with van der Waals surface area (Å²) in [7, 11) is 2.06. The van der Waals surface area contributed by atoms with E-state index in [4.69, 9.17) is 0 Å². The topological polar surface area (TPSA) is 24.1 Å². The summed E-state index contributed by atoms with van der Waals surface area (Å²) in [6.45, 7) is 6.88. The molecule has 2 heteroatoms.